The molecule has 2 N–H and O–H groups in total. The van der Waals surface area contributed by atoms with Crippen LogP contribution in [0.3, 0.4) is 0 Å². The Labute approximate surface area is 136 Å². The minimum Gasteiger partial charge on any atom is -0.484 e. The molecule has 1 aromatic rings. The first-order chi connectivity index (χ1) is 10.6. The Balaban J connectivity index is 2.16. The van der Waals surface area contributed by atoms with Gasteiger partial charge in [0.05, 0.1) is 0 Å². The second kappa shape index (κ2) is 10.1. The van der Waals surface area contributed by atoms with Crippen LogP contribution in [0.25, 0.3) is 0 Å². The fourth-order valence-electron chi connectivity index (χ4n) is 1.92. The SMILES string of the molecule is CCC(CC)C(=O)NCCNC(=O)COc1ccc(Cl)cc1. The van der Waals surface area contributed by atoms with Crippen LogP contribution in [0.4, 0.5) is 0 Å². The van der Waals surface area contributed by atoms with Gasteiger partial charge in [-0.1, -0.05) is 25.4 Å². The van der Waals surface area contributed by atoms with E-state index in [2.05, 4.69) is 10.6 Å². The third-order valence-corrected chi connectivity index (χ3v) is 3.54. The summed E-state index contributed by atoms with van der Waals surface area (Å²) in [4.78, 5) is 23.3. The van der Waals surface area contributed by atoms with Crippen molar-refractivity contribution in [2.45, 2.75) is 26.7 Å². The lowest BCUT2D eigenvalue weighted by Crippen LogP contribution is -2.38. The number of benzene rings is 1. The van der Waals surface area contributed by atoms with E-state index in [1.165, 1.54) is 0 Å². The van der Waals surface area contributed by atoms with E-state index in [-0.39, 0.29) is 24.3 Å². The number of rotatable bonds is 9. The molecule has 6 heteroatoms. The molecule has 22 heavy (non-hydrogen) atoms. The van der Waals surface area contributed by atoms with Crippen molar-refractivity contribution in [1.29, 1.82) is 0 Å². The molecular weight excluding hydrogens is 304 g/mol. The zero-order chi connectivity index (χ0) is 16.4. The molecule has 0 saturated carbocycles. The number of hydrogen-bond acceptors (Lipinski definition) is 3. The molecule has 0 aliphatic heterocycles. The predicted octanol–water partition coefficient (Wildman–Crippen LogP) is 2.39. The molecule has 0 spiro atoms. The summed E-state index contributed by atoms with van der Waals surface area (Å²) in [6.45, 7) is 4.71. The van der Waals surface area contributed by atoms with Crippen LogP contribution in [0, 0.1) is 5.92 Å². The standard InChI is InChI=1S/C16H23ClN2O3/c1-3-12(4-2)16(21)19-10-9-18-15(20)11-22-14-7-5-13(17)6-8-14/h5-8,12H,3-4,9-11H2,1-2H3,(H,18,20)(H,19,21). The van der Waals surface area contributed by atoms with E-state index < -0.39 is 0 Å². The van der Waals surface area contributed by atoms with Crippen molar-refractivity contribution in [3.63, 3.8) is 0 Å². The third-order valence-electron chi connectivity index (χ3n) is 3.29. The van der Waals surface area contributed by atoms with E-state index in [1.807, 2.05) is 13.8 Å². The fourth-order valence-corrected chi connectivity index (χ4v) is 2.05. The second-order valence-corrected chi connectivity index (χ2v) is 5.33. The lowest BCUT2D eigenvalue weighted by molar-refractivity contribution is -0.126. The van der Waals surface area contributed by atoms with Gasteiger partial charge in [-0.15, -0.1) is 0 Å². The van der Waals surface area contributed by atoms with Crippen LogP contribution in [-0.4, -0.2) is 31.5 Å². The molecule has 0 aliphatic rings. The van der Waals surface area contributed by atoms with Crippen LogP contribution in [0.1, 0.15) is 26.7 Å². The van der Waals surface area contributed by atoms with E-state index in [9.17, 15) is 9.59 Å². The number of halogens is 1. The molecule has 0 heterocycles. The Morgan fingerprint density at radius 3 is 2.27 bits per heavy atom. The largest absolute Gasteiger partial charge is 0.484 e. The zero-order valence-corrected chi connectivity index (χ0v) is 13.8. The molecule has 1 rings (SSSR count). The smallest absolute Gasteiger partial charge is 0.258 e. The Bertz CT molecular complexity index is 473. The van der Waals surface area contributed by atoms with Crippen molar-refractivity contribution in [2.75, 3.05) is 19.7 Å². The Morgan fingerprint density at radius 1 is 1.09 bits per heavy atom. The van der Waals surface area contributed by atoms with Crippen LogP contribution in [0.2, 0.25) is 5.02 Å². The highest BCUT2D eigenvalue weighted by molar-refractivity contribution is 6.30. The molecular formula is C16H23ClN2O3. The molecule has 2 amide bonds. The first-order valence-corrected chi connectivity index (χ1v) is 7.87. The summed E-state index contributed by atoms with van der Waals surface area (Å²) in [6, 6.07) is 6.79. The fraction of sp³-hybridized carbons (Fsp3) is 0.500. The van der Waals surface area contributed by atoms with Crippen LogP contribution in [0.5, 0.6) is 5.75 Å². The molecule has 0 saturated heterocycles. The summed E-state index contributed by atoms with van der Waals surface area (Å²) in [6.07, 6.45) is 1.65. The summed E-state index contributed by atoms with van der Waals surface area (Å²) in [7, 11) is 0. The maximum atomic E-state index is 11.7. The third kappa shape index (κ3) is 6.80. The molecule has 0 fully saturated rings. The number of nitrogens with one attached hydrogen (secondary N) is 2. The predicted molar refractivity (Wildman–Crippen MR) is 87.0 cm³/mol. The van der Waals surface area contributed by atoms with Gasteiger partial charge in [-0.3, -0.25) is 9.59 Å². The highest BCUT2D eigenvalue weighted by Gasteiger charge is 2.12. The van der Waals surface area contributed by atoms with Crippen LogP contribution in [-0.2, 0) is 9.59 Å². The molecule has 5 nitrogen and oxygen atoms in total. The van der Waals surface area contributed by atoms with E-state index >= 15 is 0 Å². The number of carbonyl (C=O) groups excluding carboxylic acids is 2. The lowest BCUT2D eigenvalue weighted by Gasteiger charge is -2.13. The quantitative estimate of drug-likeness (QED) is 0.685. The molecule has 0 aromatic heterocycles. The van der Waals surface area contributed by atoms with Crippen LogP contribution < -0.4 is 15.4 Å². The average Bonchev–Trinajstić information content (AvgIpc) is 2.52. The summed E-state index contributed by atoms with van der Waals surface area (Å²) in [5.41, 5.74) is 0. The molecule has 1 aromatic carbocycles. The Morgan fingerprint density at radius 2 is 1.68 bits per heavy atom. The minimum atomic E-state index is -0.230. The average molecular weight is 327 g/mol. The van der Waals surface area contributed by atoms with Gasteiger partial charge in [0.1, 0.15) is 5.75 Å². The van der Waals surface area contributed by atoms with Gasteiger partial charge in [-0.05, 0) is 37.1 Å². The molecule has 0 unspecified atom stereocenters. The van der Waals surface area contributed by atoms with Crippen molar-refractivity contribution in [1.82, 2.24) is 10.6 Å². The van der Waals surface area contributed by atoms with Crippen molar-refractivity contribution in [3.05, 3.63) is 29.3 Å². The summed E-state index contributed by atoms with van der Waals surface area (Å²) >= 11 is 5.76. The molecule has 0 atom stereocenters. The van der Waals surface area contributed by atoms with Gasteiger partial charge in [-0.25, -0.2) is 0 Å². The molecule has 0 bridgehead atoms. The summed E-state index contributed by atoms with van der Waals surface area (Å²) in [5, 5.41) is 6.12. The second-order valence-electron chi connectivity index (χ2n) is 4.90. The zero-order valence-electron chi connectivity index (χ0n) is 13.0. The molecule has 0 radical (unpaired) electrons. The van der Waals surface area contributed by atoms with Crippen molar-refractivity contribution in [2.24, 2.45) is 5.92 Å². The van der Waals surface area contributed by atoms with Gasteiger partial charge in [0, 0.05) is 24.0 Å². The highest BCUT2D eigenvalue weighted by atomic mass is 35.5. The number of ether oxygens (including phenoxy) is 1. The van der Waals surface area contributed by atoms with Gasteiger partial charge in [0.25, 0.3) is 5.91 Å². The normalized spacial score (nSPS) is 10.4. The van der Waals surface area contributed by atoms with E-state index in [1.54, 1.807) is 24.3 Å². The molecule has 0 aliphatic carbocycles. The van der Waals surface area contributed by atoms with E-state index in [0.717, 1.165) is 12.8 Å². The monoisotopic (exact) mass is 326 g/mol. The lowest BCUT2D eigenvalue weighted by atomic mass is 10.0. The Hall–Kier alpha value is -1.75. The number of carbonyl (C=O) groups is 2. The minimum absolute atomic E-state index is 0.0386. The topological polar surface area (TPSA) is 67.4 Å². The van der Waals surface area contributed by atoms with Gasteiger partial charge < -0.3 is 15.4 Å². The highest BCUT2D eigenvalue weighted by Crippen LogP contribution is 2.15. The van der Waals surface area contributed by atoms with Gasteiger partial charge in [-0.2, -0.15) is 0 Å². The van der Waals surface area contributed by atoms with E-state index in [0.29, 0.717) is 23.9 Å². The van der Waals surface area contributed by atoms with Gasteiger partial charge >= 0.3 is 0 Å². The van der Waals surface area contributed by atoms with Crippen LogP contribution >= 0.6 is 11.6 Å². The van der Waals surface area contributed by atoms with Gasteiger partial charge in [0.2, 0.25) is 5.91 Å². The molecule has 122 valence electrons. The van der Waals surface area contributed by atoms with Crippen molar-refractivity contribution >= 4 is 23.4 Å². The first-order valence-electron chi connectivity index (χ1n) is 7.49. The van der Waals surface area contributed by atoms with Crippen molar-refractivity contribution in [3.8, 4) is 5.75 Å². The van der Waals surface area contributed by atoms with Crippen molar-refractivity contribution < 1.29 is 14.3 Å². The maximum Gasteiger partial charge on any atom is 0.258 e. The van der Waals surface area contributed by atoms with Crippen LogP contribution in [0.15, 0.2) is 24.3 Å². The van der Waals surface area contributed by atoms with Gasteiger partial charge in [0.15, 0.2) is 6.61 Å². The number of hydrogen-bond donors (Lipinski definition) is 2. The Kier molecular flexibility index (Phi) is 8.36. The summed E-state index contributed by atoms with van der Waals surface area (Å²) in [5.74, 6) is 0.439. The first kappa shape index (κ1) is 18.3. The van der Waals surface area contributed by atoms with E-state index in [4.69, 9.17) is 16.3 Å². The summed E-state index contributed by atoms with van der Waals surface area (Å²) < 4.78 is 5.32. The maximum absolute atomic E-state index is 11.7. The number of amides is 2.